The molecule has 3 heteroatoms. The monoisotopic (exact) mass is 345 g/mol. The smallest absolute Gasteiger partial charge is 0.224 e. The standard InChI is InChI=1S/C23H23NO2/c24-23(25)22(13-7-10-18-8-3-1-4-9-18)19-14-16-21(17-15-19)26-20-11-5-2-6-12-20/h1-6,8-9,11-12,14-17,22H,7,10,13H2,(H2,24,25). The van der Waals surface area contributed by atoms with Crippen LogP contribution in [0.3, 0.4) is 0 Å². The summed E-state index contributed by atoms with van der Waals surface area (Å²) in [5.41, 5.74) is 7.86. The number of carbonyl (C=O) groups is 1. The molecule has 2 N–H and O–H groups in total. The molecule has 1 amide bonds. The van der Waals surface area contributed by atoms with Gasteiger partial charge in [-0.25, -0.2) is 0 Å². The van der Waals surface area contributed by atoms with Gasteiger partial charge in [0.1, 0.15) is 11.5 Å². The highest BCUT2D eigenvalue weighted by Gasteiger charge is 2.17. The first-order valence-corrected chi connectivity index (χ1v) is 8.88. The van der Waals surface area contributed by atoms with Gasteiger partial charge in [0.05, 0.1) is 5.92 Å². The summed E-state index contributed by atoms with van der Waals surface area (Å²) in [5.74, 6) is 0.973. The van der Waals surface area contributed by atoms with Gasteiger partial charge in [-0.05, 0) is 54.7 Å². The van der Waals surface area contributed by atoms with Crippen LogP contribution in [-0.2, 0) is 11.2 Å². The molecular weight excluding hydrogens is 322 g/mol. The summed E-state index contributed by atoms with van der Waals surface area (Å²) in [5, 5.41) is 0. The SMILES string of the molecule is NC(=O)C(CCCc1ccccc1)c1ccc(Oc2ccccc2)cc1. The Bertz CT molecular complexity index is 814. The molecule has 3 aromatic carbocycles. The largest absolute Gasteiger partial charge is 0.457 e. The van der Waals surface area contributed by atoms with E-state index in [0.717, 1.165) is 36.3 Å². The number of ether oxygens (including phenoxy) is 1. The van der Waals surface area contributed by atoms with E-state index in [0.29, 0.717) is 0 Å². The van der Waals surface area contributed by atoms with E-state index in [4.69, 9.17) is 10.5 Å². The van der Waals surface area contributed by atoms with Gasteiger partial charge in [0.2, 0.25) is 5.91 Å². The van der Waals surface area contributed by atoms with Crippen LogP contribution >= 0.6 is 0 Å². The zero-order chi connectivity index (χ0) is 18.2. The Morgan fingerprint density at radius 2 is 1.38 bits per heavy atom. The topological polar surface area (TPSA) is 52.3 Å². The van der Waals surface area contributed by atoms with Crippen LogP contribution in [0.1, 0.15) is 29.9 Å². The third-order valence-corrected chi connectivity index (χ3v) is 4.41. The molecule has 3 rings (SSSR count). The number of rotatable bonds is 8. The summed E-state index contributed by atoms with van der Waals surface area (Å²) in [6.45, 7) is 0. The van der Waals surface area contributed by atoms with Crippen LogP contribution < -0.4 is 10.5 Å². The first-order chi connectivity index (χ1) is 12.7. The molecule has 26 heavy (non-hydrogen) atoms. The lowest BCUT2D eigenvalue weighted by Gasteiger charge is -2.14. The molecule has 0 aliphatic carbocycles. The Morgan fingerprint density at radius 1 is 0.808 bits per heavy atom. The minimum absolute atomic E-state index is 0.274. The Labute approximate surface area is 154 Å². The van der Waals surface area contributed by atoms with Crippen molar-refractivity contribution in [2.24, 2.45) is 5.73 Å². The summed E-state index contributed by atoms with van der Waals surface area (Å²) in [6, 6.07) is 27.5. The second-order valence-corrected chi connectivity index (χ2v) is 6.32. The van der Waals surface area contributed by atoms with Crippen LogP contribution in [0.4, 0.5) is 0 Å². The van der Waals surface area contributed by atoms with Crippen LogP contribution in [0.15, 0.2) is 84.9 Å². The van der Waals surface area contributed by atoms with Gasteiger partial charge < -0.3 is 10.5 Å². The molecule has 0 aliphatic heterocycles. The van der Waals surface area contributed by atoms with Crippen molar-refractivity contribution in [2.45, 2.75) is 25.2 Å². The molecule has 0 radical (unpaired) electrons. The van der Waals surface area contributed by atoms with Gasteiger partial charge in [0.15, 0.2) is 0 Å². The first-order valence-electron chi connectivity index (χ1n) is 8.88. The highest BCUT2D eigenvalue weighted by Crippen LogP contribution is 2.26. The van der Waals surface area contributed by atoms with Crippen molar-refractivity contribution in [2.75, 3.05) is 0 Å². The zero-order valence-electron chi connectivity index (χ0n) is 14.7. The molecule has 0 aromatic heterocycles. The molecule has 0 fully saturated rings. The van der Waals surface area contributed by atoms with Crippen LogP contribution in [0.25, 0.3) is 0 Å². The predicted octanol–water partition coefficient (Wildman–Crippen LogP) is 5.07. The number of aryl methyl sites for hydroxylation is 1. The molecule has 0 spiro atoms. The number of primary amides is 1. The maximum absolute atomic E-state index is 11.9. The number of carbonyl (C=O) groups excluding carboxylic acids is 1. The summed E-state index contributed by atoms with van der Waals surface area (Å²) >= 11 is 0. The van der Waals surface area contributed by atoms with Crippen LogP contribution in [0.2, 0.25) is 0 Å². The molecule has 1 unspecified atom stereocenters. The van der Waals surface area contributed by atoms with Gasteiger partial charge in [0, 0.05) is 0 Å². The molecule has 3 nitrogen and oxygen atoms in total. The van der Waals surface area contributed by atoms with E-state index in [1.54, 1.807) is 0 Å². The zero-order valence-corrected chi connectivity index (χ0v) is 14.7. The molecule has 0 saturated heterocycles. The maximum Gasteiger partial charge on any atom is 0.224 e. The summed E-state index contributed by atoms with van der Waals surface area (Å²) in [6.07, 6.45) is 2.60. The fourth-order valence-corrected chi connectivity index (χ4v) is 3.02. The van der Waals surface area contributed by atoms with Crippen LogP contribution in [-0.4, -0.2) is 5.91 Å². The minimum atomic E-state index is -0.283. The van der Waals surface area contributed by atoms with E-state index >= 15 is 0 Å². The molecular formula is C23H23NO2. The number of hydrogen-bond donors (Lipinski definition) is 1. The third-order valence-electron chi connectivity index (χ3n) is 4.41. The maximum atomic E-state index is 11.9. The van der Waals surface area contributed by atoms with Crippen molar-refractivity contribution in [1.82, 2.24) is 0 Å². The third kappa shape index (κ3) is 4.96. The number of para-hydroxylation sites is 1. The van der Waals surface area contributed by atoms with Crippen LogP contribution in [0, 0.1) is 0 Å². The van der Waals surface area contributed by atoms with Crippen molar-refractivity contribution >= 4 is 5.91 Å². The van der Waals surface area contributed by atoms with Crippen LogP contribution in [0.5, 0.6) is 11.5 Å². The second kappa shape index (κ2) is 8.86. The summed E-state index contributed by atoms with van der Waals surface area (Å²) < 4.78 is 5.80. The van der Waals surface area contributed by atoms with E-state index in [9.17, 15) is 4.79 Å². The van der Waals surface area contributed by atoms with Crippen molar-refractivity contribution < 1.29 is 9.53 Å². The Hall–Kier alpha value is -3.07. The Kier molecular flexibility index (Phi) is 6.05. The Balaban J connectivity index is 1.61. The average molecular weight is 345 g/mol. The van der Waals surface area contributed by atoms with Gasteiger partial charge >= 0.3 is 0 Å². The van der Waals surface area contributed by atoms with Crippen molar-refractivity contribution in [1.29, 1.82) is 0 Å². The number of amides is 1. The Morgan fingerprint density at radius 3 is 2.00 bits per heavy atom. The van der Waals surface area contributed by atoms with Gasteiger partial charge in [-0.2, -0.15) is 0 Å². The number of benzene rings is 3. The molecule has 0 aliphatic rings. The van der Waals surface area contributed by atoms with Gasteiger partial charge in [0.25, 0.3) is 0 Å². The van der Waals surface area contributed by atoms with Gasteiger partial charge in [-0.3, -0.25) is 4.79 Å². The van der Waals surface area contributed by atoms with Crippen molar-refractivity contribution in [3.8, 4) is 11.5 Å². The molecule has 1 atom stereocenters. The van der Waals surface area contributed by atoms with E-state index in [1.165, 1.54) is 5.56 Å². The predicted molar refractivity (Wildman–Crippen MR) is 104 cm³/mol. The van der Waals surface area contributed by atoms with E-state index in [1.807, 2.05) is 72.8 Å². The van der Waals surface area contributed by atoms with Crippen molar-refractivity contribution in [3.63, 3.8) is 0 Å². The van der Waals surface area contributed by atoms with E-state index in [2.05, 4.69) is 12.1 Å². The van der Waals surface area contributed by atoms with E-state index < -0.39 is 0 Å². The normalized spacial score (nSPS) is 11.7. The molecule has 0 heterocycles. The molecule has 132 valence electrons. The second-order valence-electron chi connectivity index (χ2n) is 6.32. The minimum Gasteiger partial charge on any atom is -0.457 e. The highest BCUT2D eigenvalue weighted by molar-refractivity contribution is 5.81. The lowest BCUT2D eigenvalue weighted by atomic mass is 9.92. The number of nitrogens with two attached hydrogens (primary N) is 1. The molecule has 0 saturated carbocycles. The summed E-state index contributed by atoms with van der Waals surface area (Å²) in [4.78, 5) is 11.9. The first kappa shape index (κ1) is 17.7. The summed E-state index contributed by atoms with van der Waals surface area (Å²) in [7, 11) is 0. The quantitative estimate of drug-likeness (QED) is 0.619. The molecule has 3 aromatic rings. The molecule has 0 bridgehead atoms. The van der Waals surface area contributed by atoms with Crippen molar-refractivity contribution in [3.05, 3.63) is 96.1 Å². The fraction of sp³-hybridized carbons (Fsp3) is 0.174. The van der Waals surface area contributed by atoms with E-state index in [-0.39, 0.29) is 11.8 Å². The fourth-order valence-electron chi connectivity index (χ4n) is 3.02. The van der Waals surface area contributed by atoms with Gasteiger partial charge in [-0.1, -0.05) is 60.7 Å². The average Bonchev–Trinajstić information content (AvgIpc) is 2.67. The highest BCUT2D eigenvalue weighted by atomic mass is 16.5. The van der Waals surface area contributed by atoms with Gasteiger partial charge in [-0.15, -0.1) is 0 Å². The number of hydrogen-bond acceptors (Lipinski definition) is 2. The lowest BCUT2D eigenvalue weighted by molar-refractivity contribution is -0.119. The lowest BCUT2D eigenvalue weighted by Crippen LogP contribution is -2.21.